The summed E-state index contributed by atoms with van der Waals surface area (Å²) in [7, 11) is 0. The minimum absolute atomic E-state index is 0.0157. The van der Waals surface area contributed by atoms with Crippen LogP contribution in [-0.2, 0) is 9.59 Å². The zero-order chi connectivity index (χ0) is 26.9. The number of nitrogens with one attached hydrogen (secondary N) is 4. The van der Waals surface area contributed by atoms with Crippen LogP contribution in [0.4, 0.5) is 11.4 Å². The van der Waals surface area contributed by atoms with E-state index < -0.39 is 39.4 Å². The van der Waals surface area contributed by atoms with Crippen LogP contribution in [0.15, 0.2) is 78.9 Å². The summed E-state index contributed by atoms with van der Waals surface area (Å²) in [5, 5.41) is 21.5. The number of nitrogens with zero attached hydrogens (tertiary/aromatic N) is 2. The largest absolute Gasteiger partial charge is 0.272 e. The molecule has 37 heavy (non-hydrogen) atoms. The van der Waals surface area contributed by atoms with Crippen LogP contribution in [0.1, 0.15) is 32.2 Å². The molecule has 4 N–H and O–H groups in total. The summed E-state index contributed by atoms with van der Waals surface area (Å²) in [6, 6.07) is 17.0. The number of benzene rings is 3. The second kappa shape index (κ2) is 11.7. The van der Waals surface area contributed by atoms with Gasteiger partial charge in [0, 0.05) is 35.4 Å². The molecule has 3 rings (SSSR count). The Morgan fingerprint density at radius 3 is 1.30 bits per heavy atom. The number of carbonyl (C=O) groups is 4. The Bertz CT molecular complexity index is 1260. The van der Waals surface area contributed by atoms with Crippen molar-refractivity contribution in [3.63, 3.8) is 0 Å². The third-order valence-electron chi connectivity index (χ3n) is 4.94. The summed E-state index contributed by atoms with van der Waals surface area (Å²) in [6.45, 7) is 0. The van der Waals surface area contributed by atoms with Gasteiger partial charge in [0.25, 0.3) is 35.0 Å². The first-order chi connectivity index (χ1) is 17.7. The number of amides is 4. The lowest BCUT2D eigenvalue weighted by Crippen LogP contribution is -2.50. The maximum absolute atomic E-state index is 12.8. The van der Waals surface area contributed by atoms with E-state index in [1.54, 1.807) is 18.2 Å². The molecule has 14 nitrogen and oxygen atoms in total. The third kappa shape index (κ3) is 6.69. The summed E-state index contributed by atoms with van der Waals surface area (Å²) in [4.78, 5) is 70.5. The van der Waals surface area contributed by atoms with E-state index in [1.165, 1.54) is 36.4 Å². The fourth-order valence-corrected chi connectivity index (χ4v) is 3.06. The molecule has 0 fully saturated rings. The highest BCUT2D eigenvalue weighted by Gasteiger charge is 2.29. The molecule has 0 saturated heterocycles. The smallest absolute Gasteiger partial charge is 0.269 e. The average Bonchev–Trinajstić information content (AvgIpc) is 2.91. The van der Waals surface area contributed by atoms with Crippen LogP contribution >= 0.6 is 0 Å². The topological polar surface area (TPSA) is 203 Å². The highest BCUT2D eigenvalue weighted by atomic mass is 16.6. The second-order valence-corrected chi connectivity index (χ2v) is 7.34. The van der Waals surface area contributed by atoms with Gasteiger partial charge in [-0.2, -0.15) is 0 Å². The fourth-order valence-electron chi connectivity index (χ4n) is 3.06. The van der Waals surface area contributed by atoms with Crippen molar-refractivity contribution in [1.29, 1.82) is 0 Å². The Hall–Kier alpha value is -5.66. The van der Waals surface area contributed by atoms with Crippen LogP contribution in [0.3, 0.4) is 0 Å². The highest BCUT2D eigenvalue weighted by molar-refractivity contribution is 6.07. The van der Waals surface area contributed by atoms with Gasteiger partial charge in [-0.25, -0.2) is 0 Å². The molecular weight excluding hydrogens is 488 g/mol. The monoisotopic (exact) mass is 506 g/mol. The van der Waals surface area contributed by atoms with Gasteiger partial charge in [0.2, 0.25) is 0 Å². The van der Waals surface area contributed by atoms with Crippen molar-refractivity contribution in [3.05, 3.63) is 116 Å². The third-order valence-corrected chi connectivity index (χ3v) is 4.94. The number of hydrogen-bond donors (Lipinski definition) is 4. The quantitative estimate of drug-likeness (QED) is 0.210. The molecule has 0 aromatic heterocycles. The number of non-ortho nitro benzene ring substituents is 2. The molecule has 0 bridgehead atoms. The summed E-state index contributed by atoms with van der Waals surface area (Å²) >= 11 is 0. The maximum atomic E-state index is 12.8. The van der Waals surface area contributed by atoms with E-state index >= 15 is 0 Å². The van der Waals surface area contributed by atoms with E-state index in [4.69, 9.17) is 0 Å². The van der Waals surface area contributed by atoms with Crippen molar-refractivity contribution in [1.82, 2.24) is 21.7 Å². The molecule has 3 aromatic carbocycles. The lowest BCUT2D eigenvalue weighted by molar-refractivity contribution is -0.385. The molecule has 0 spiro atoms. The first-order valence-electron chi connectivity index (χ1n) is 10.4. The molecule has 0 unspecified atom stereocenters. The van der Waals surface area contributed by atoms with E-state index in [9.17, 15) is 39.4 Å². The molecule has 14 heteroatoms. The number of carbonyl (C=O) groups excluding carboxylic acids is 4. The molecule has 188 valence electrons. The molecule has 3 aromatic rings. The molecule has 0 heterocycles. The van der Waals surface area contributed by atoms with E-state index in [1.807, 2.05) is 0 Å². The van der Waals surface area contributed by atoms with Crippen LogP contribution in [0.5, 0.6) is 0 Å². The zero-order valence-electron chi connectivity index (χ0n) is 18.7. The van der Waals surface area contributed by atoms with Gasteiger partial charge >= 0.3 is 0 Å². The van der Waals surface area contributed by atoms with E-state index in [2.05, 4.69) is 21.7 Å². The minimum atomic E-state index is -1.50. The predicted molar refractivity (Wildman–Crippen MR) is 127 cm³/mol. The Kier molecular flexibility index (Phi) is 8.17. The van der Waals surface area contributed by atoms with Gasteiger partial charge < -0.3 is 0 Å². The summed E-state index contributed by atoms with van der Waals surface area (Å²) < 4.78 is 0. The van der Waals surface area contributed by atoms with Crippen LogP contribution in [-0.4, -0.2) is 33.5 Å². The number of hydrazine groups is 2. The minimum Gasteiger partial charge on any atom is -0.272 e. The molecule has 0 aliphatic rings. The van der Waals surface area contributed by atoms with E-state index in [-0.39, 0.29) is 28.1 Å². The maximum Gasteiger partial charge on any atom is 0.269 e. The lowest BCUT2D eigenvalue weighted by atomic mass is 9.98. The van der Waals surface area contributed by atoms with Gasteiger partial charge in [-0.15, -0.1) is 0 Å². The van der Waals surface area contributed by atoms with Crippen molar-refractivity contribution in [2.75, 3.05) is 0 Å². The molecular formula is C23H18N6O8. The summed E-state index contributed by atoms with van der Waals surface area (Å²) in [5.41, 5.74) is 8.33. The molecule has 0 aliphatic heterocycles. The van der Waals surface area contributed by atoms with Gasteiger partial charge in [0.1, 0.15) is 5.92 Å². The van der Waals surface area contributed by atoms with Crippen LogP contribution in [0, 0.1) is 20.2 Å². The van der Waals surface area contributed by atoms with Crippen LogP contribution in [0.2, 0.25) is 0 Å². The predicted octanol–water partition coefficient (Wildman–Crippen LogP) is 1.51. The lowest BCUT2D eigenvalue weighted by Gasteiger charge is -2.18. The number of nitro benzene ring substituents is 2. The number of rotatable bonds is 7. The fraction of sp³-hybridized carbons (Fsp3) is 0.0435. The second-order valence-electron chi connectivity index (χ2n) is 7.34. The van der Waals surface area contributed by atoms with Crippen molar-refractivity contribution in [3.8, 4) is 0 Å². The first kappa shape index (κ1) is 26.0. The zero-order valence-corrected chi connectivity index (χ0v) is 18.7. The van der Waals surface area contributed by atoms with Gasteiger partial charge in [0.15, 0.2) is 0 Å². The van der Waals surface area contributed by atoms with Crippen molar-refractivity contribution < 1.29 is 29.0 Å². The molecule has 0 aliphatic carbocycles. The Morgan fingerprint density at radius 1 is 0.568 bits per heavy atom. The number of nitro groups is 2. The van der Waals surface area contributed by atoms with E-state index in [0.717, 1.165) is 24.3 Å². The van der Waals surface area contributed by atoms with Gasteiger partial charge in [-0.1, -0.05) is 30.3 Å². The number of hydrogen-bond acceptors (Lipinski definition) is 8. The van der Waals surface area contributed by atoms with Gasteiger partial charge in [-0.3, -0.25) is 61.1 Å². The molecule has 0 radical (unpaired) electrons. The average molecular weight is 506 g/mol. The Labute approximate surface area is 207 Å². The van der Waals surface area contributed by atoms with Gasteiger partial charge in [-0.05, 0) is 29.8 Å². The normalized spacial score (nSPS) is 10.2. The summed E-state index contributed by atoms with van der Waals surface area (Å²) in [6.07, 6.45) is 0. The highest BCUT2D eigenvalue weighted by Crippen LogP contribution is 2.16. The van der Waals surface area contributed by atoms with Gasteiger partial charge in [0.05, 0.1) is 9.85 Å². The van der Waals surface area contributed by atoms with Crippen LogP contribution in [0.25, 0.3) is 0 Å². The Morgan fingerprint density at radius 2 is 0.946 bits per heavy atom. The first-order valence-corrected chi connectivity index (χ1v) is 10.4. The van der Waals surface area contributed by atoms with Crippen molar-refractivity contribution in [2.24, 2.45) is 0 Å². The van der Waals surface area contributed by atoms with E-state index in [0.29, 0.717) is 0 Å². The SMILES string of the molecule is O=C(NNC(=O)C(C(=O)NNC(=O)c1ccc([N+](=O)[O-])cc1)c1ccccc1)c1ccc([N+](=O)[O-])cc1. The van der Waals surface area contributed by atoms with Crippen molar-refractivity contribution >= 4 is 35.0 Å². The standard InChI is InChI=1S/C23H18N6O8/c30-20(15-6-10-17(11-7-15)28(34)35)24-26-22(32)19(14-4-2-1-3-5-14)23(33)27-25-21(31)16-8-12-18(13-9-16)29(36)37/h1-13,19H,(H,24,30)(H,25,31)(H,26,32)(H,27,33). The Balaban J connectivity index is 1.66. The molecule has 0 saturated carbocycles. The molecule has 4 amide bonds. The summed E-state index contributed by atoms with van der Waals surface area (Å²) in [5.74, 6) is -4.97. The van der Waals surface area contributed by atoms with Crippen molar-refractivity contribution in [2.45, 2.75) is 5.92 Å². The van der Waals surface area contributed by atoms with Crippen LogP contribution < -0.4 is 21.7 Å². The molecule has 0 atom stereocenters.